The number of benzene rings is 1. The smallest absolute Gasteiger partial charge is 0.317 e. The first kappa shape index (κ1) is 18.3. The maximum Gasteiger partial charge on any atom is 0.317 e. The van der Waals surface area contributed by atoms with E-state index in [0.717, 1.165) is 55.2 Å². The van der Waals surface area contributed by atoms with Crippen molar-refractivity contribution < 1.29 is 9.32 Å². The number of nitrogens with one attached hydrogen (secondary N) is 2. The van der Waals surface area contributed by atoms with Crippen molar-refractivity contribution in [1.82, 2.24) is 25.6 Å². The van der Waals surface area contributed by atoms with Crippen LogP contribution in [0.1, 0.15) is 47.2 Å². The Kier molecular flexibility index (Phi) is 5.41. The molecule has 2 aromatic heterocycles. The van der Waals surface area contributed by atoms with E-state index in [1.807, 2.05) is 24.0 Å². The molecule has 1 fully saturated rings. The van der Waals surface area contributed by atoms with Crippen LogP contribution in [0.2, 0.25) is 0 Å². The Morgan fingerprint density at radius 3 is 2.75 bits per heavy atom. The Labute approximate surface area is 164 Å². The number of carbonyl (C=O) groups excluding carboxylic acids is 1. The van der Waals surface area contributed by atoms with Crippen molar-refractivity contribution in [3.63, 3.8) is 0 Å². The molecule has 146 valence electrons. The Bertz CT molecular complexity index is 910. The number of nitrogens with zero attached hydrogens (tertiary/aromatic N) is 3. The van der Waals surface area contributed by atoms with Crippen LogP contribution < -0.4 is 5.32 Å². The fourth-order valence-electron chi connectivity index (χ4n) is 3.65. The van der Waals surface area contributed by atoms with Gasteiger partial charge in [0.15, 0.2) is 0 Å². The Morgan fingerprint density at radius 1 is 1.25 bits per heavy atom. The van der Waals surface area contributed by atoms with Crippen LogP contribution in [0.25, 0.3) is 0 Å². The maximum atomic E-state index is 12.4. The lowest BCUT2D eigenvalue weighted by atomic mass is 9.93. The molecule has 1 saturated heterocycles. The highest BCUT2D eigenvalue weighted by Crippen LogP contribution is 2.27. The third kappa shape index (κ3) is 4.42. The number of amides is 2. The van der Waals surface area contributed by atoms with E-state index in [0.29, 0.717) is 12.5 Å². The van der Waals surface area contributed by atoms with E-state index in [1.54, 1.807) is 0 Å². The average molecular weight is 379 g/mol. The van der Waals surface area contributed by atoms with E-state index in [2.05, 4.69) is 51.0 Å². The summed E-state index contributed by atoms with van der Waals surface area (Å²) in [5, 5.41) is 14.5. The average Bonchev–Trinajstić information content (AvgIpc) is 3.36. The van der Waals surface area contributed by atoms with Gasteiger partial charge in [0.2, 0.25) is 0 Å². The molecule has 1 aromatic carbocycles. The predicted molar refractivity (Wildman–Crippen MR) is 105 cm³/mol. The molecule has 28 heavy (non-hydrogen) atoms. The SMILES string of the molecule is Cc1cc(CNC(=O)N2CCC(c3cc(Cc4ccccc4)[nH]n3)CC2)no1. The molecule has 4 rings (SSSR count). The van der Waals surface area contributed by atoms with Gasteiger partial charge in [0, 0.05) is 37.2 Å². The zero-order valence-electron chi connectivity index (χ0n) is 16.0. The third-order valence-electron chi connectivity index (χ3n) is 5.19. The molecule has 0 bridgehead atoms. The van der Waals surface area contributed by atoms with Gasteiger partial charge in [-0.3, -0.25) is 5.10 Å². The summed E-state index contributed by atoms with van der Waals surface area (Å²) in [5.41, 5.74) is 4.24. The zero-order valence-corrected chi connectivity index (χ0v) is 16.0. The minimum Gasteiger partial charge on any atom is -0.361 e. The van der Waals surface area contributed by atoms with Gasteiger partial charge in [-0.15, -0.1) is 0 Å². The first-order chi connectivity index (χ1) is 13.7. The first-order valence-corrected chi connectivity index (χ1v) is 9.70. The van der Waals surface area contributed by atoms with Gasteiger partial charge in [-0.2, -0.15) is 5.10 Å². The second-order valence-electron chi connectivity index (χ2n) is 7.33. The fraction of sp³-hybridized carbons (Fsp3) is 0.381. The van der Waals surface area contributed by atoms with Crippen molar-refractivity contribution in [1.29, 1.82) is 0 Å². The number of urea groups is 1. The summed E-state index contributed by atoms with van der Waals surface area (Å²) >= 11 is 0. The summed E-state index contributed by atoms with van der Waals surface area (Å²) in [7, 11) is 0. The van der Waals surface area contributed by atoms with Gasteiger partial charge < -0.3 is 14.7 Å². The number of rotatable bonds is 5. The number of aryl methyl sites for hydroxylation is 1. The van der Waals surface area contributed by atoms with Crippen LogP contribution in [0.15, 0.2) is 47.0 Å². The summed E-state index contributed by atoms with van der Waals surface area (Å²) in [4.78, 5) is 14.2. The number of hydrogen-bond donors (Lipinski definition) is 2. The first-order valence-electron chi connectivity index (χ1n) is 9.70. The fourth-order valence-corrected chi connectivity index (χ4v) is 3.65. The normalized spacial score (nSPS) is 15.0. The van der Waals surface area contributed by atoms with Crippen molar-refractivity contribution >= 4 is 6.03 Å². The minimum absolute atomic E-state index is 0.0501. The van der Waals surface area contributed by atoms with Crippen LogP contribution in [0.5, 0.6) is 0 Å². The van der Waals surface area contributed by atoms with E-state index < -0.39 is 0 Å². The third-order valence-corrected chi connectivity index (χ3v) is 5.19. The monoisotopic (exact) mass is 379 g/mol. The lowest BCUT2D eigenvalue weighted by Crippen LogP contribution is -2.43. The van der Waals surface area contributed by atoms with Gasteiger partial charge in [-0.25, -0.2) is 4.79 Å². The standard InChI is InChI=1S/C21H25N5O2/c1-15-11-19(25-28-15)14-22-21(27)26-9-7-17(8-10-26)20-13-18(23-24-20)12-16-5-3-2-4-6-16/h2-6,11,13,17H,7-10,12,14H2,1H3,(H,22,27)(H,23,24). The van der Waals surface area contributed by atoms with Crippen molar-refractivity contribution in [2.75, 3.05) is 13.1 Å². The van der Waals surface area contributed by atoms with Gasteiger partial charge in [0.05, 0.1) is 12.2 Å². The lowest BCUT2D eigenvalue weighted by molar-refractivity contribution is 0.180. The molecule has 0 spiro atoms. The number of hydrogen-bond acceptors (Lipinski definition) is 4. The van der Waals surface area contributed by atoms with Gasteiger partial charge in [-0.05, 0) is 31.4 Å². The largest absolute Gasteiger partial charge is 0.361 e. The molecule has 1 aliphatic heterocycles. The van der Waals surface area contributed by atoms with Crippen LogP contribution in [-0.2, 0) is 13.0 Å². The quantitative estimate of drug-likeness (QED) is 0.711. The lowest BCUT2D eigenvalue weighted by Gasteiger charge is -2.31. The van der Waals surface area contributed by atoms with E-state index in [9.17, 15) is 4.79 Å². The van der Waals surface area contributed by atoms with Crippen molar-refractivity contribution in [3.8, 4) is 0 Å². The van der Waals surface area contributed by atoms with Crippen molar-refractivity contribution in [2.24, 2.45) is 0 Å². The Morgan fingerprint density at radius 2 is 2.04 bits per heavy atom. The van der Waals surface area contributed by atoms with Gasteiger partial charge >= 0.3 is 6.03 Å². The van der Waals surface area contributed by atoms with Crippen LogP contribution in [0.3, 0.4) is 0 Å². The summed E-state index contributed by atoms with van der Waals surface area (Å²) in [6.45, 7) is 3.69. The molecule has 1 aliphatic rings. The van der Waals surface area contributed by atoms with Crippen LogP contribution in [0.4, 0.5) is 4.79 Å². The number of aromatic amines is 1. The molecule has 0 saturated carbocycles. The molecule has 7 nitrogen and oxygen atoms in total. The second kappa shape index (κ2) is 8.29. The van der Waals surface area contributed by atoms with Crippen LogP contribution in [0, 0.1) is 6.92 Å². The van der Waals surface area contributed by atoms with Crippen LogP contribution >= 0.6 is 0 Å². The Balaban J connectivity index is 1.26. The highest BCUT2D eigenvalue weighted by molar-refractivity contribution is 5.74. The molecule has 7 heteroatoms. The van der Waals surface area contributed by atoms with Crippen molar-refractivity contribution in [3.05, 3.63) is 70.9 Å². The van der Waals surface area contributed by atoms with Gasteiger partial charge in [0.25, 0.3) is 0 Å². The zero-order chi connectivity index (χ0) is 19.3. The number of piperidine rings is 1. The molecule has 3 heterocycles. The molecule has 0 radical (unpaired) electrons. The molecule has 0 atom stereocenters. The molecule has 2 amide bonds. The molecular formula is C21H25N5O2. The van der Waals surface area contributed by atoms with Crippen molar-refractivity contribution in [2.45, 2.75) is 38.6 Å². The minimum atomic E-state index is -0.0501. The molecular weight excluding hydrogens is 354 g/mol. The molecule has 0 aliphatic carbocycles. The van der Waals surface area contributed by atoms with E-state index in [4.69, 9.17) is 4.52 Å². The topological polar surface area (TPSA) is 87.0 Å². The summed E-state index contributed by atoms with van der Waals surface area (Å²) in [5.74, 6) is 1.14. The van der Waals surface area contributed by atoms with Gasteiger partial charge in [0.1, 0.15) is 11.5 Å². The van der Waals surface area contributed by atoms with Gasteiger partial charge in [-0.1, -0.05) is 35.5 Å². The maximum absolute atomic E-state index is 12.4. The van der Waals surface area contributed by atoms with E-state index in [1.165, 1.54) is 5.56 Å². The second-order valence-corrected chi connectivity index (χ2v) is 7.33. The summed E-state index contributed by atoms with van der Waals surface area (Å²) in [6.07, 6.45) is 2.70. The predicted octanol–water partition coefficient (Wildman–Crippen LogP) is 3.39. The molecule has 3 aromatic rings. The molecule has 0 unspecified atom stereocenters. The number of aromatic nitrogens is 3. The van der Waals surface area contributed by atoms with Crippen LogP contribution in [-0.4, -0.2) is 39.4 Å². The number of H-pyrrole nitrogens is 1. The van der Waals surface area contributed by atoms with E-state index in [-0.39, 0.29) is 6.03 Å². The highest BCUT2D eigenvalue weighted by atomic mass is 16.5. The number of likely N-dealkylation sites (tertiary alicyclic amines) is 1. The summed E-state index contributed by atoms with van der Waals surface area (Å²) < 4.78 is 5.02. The van der Waals surface area contributed by atoms with E-state index >= 15 is 0 Å². The number of carbonyl (C=O) groups is 1. The highest BCUT2D eigenvalue weighted by Gasteiger charge is 2.25. The molecule has 2 N–H and O–H groups in total. The summed E-state index contributed by atoms with van der Waals surface area (Å²) in [6, 6.07) is 14.3. The Hall–Kier alpha value is -3.09.